The lowest BCUT2D eigenvalue weighted by Crippen LogP contribution is -2.27. The molecular formula is C17H17ClN4O2. The Labute approximate surface area is 144 Å². The van der Waals surface area contributed by atoms with Crippen LogP contribution in [0.25, 0.3) is 11.3 Å². The van der Waals surface area contributed by atoms with Crippen molar-refractivity contribution < 1.29 is 9.32 Å². The molecule has 0 saturated heterocycles. The zero-order valence-corrected chi connectivity index (χ0v) is 14.4. The summed E-state index contributed by atoms with van der Waals surface area (Å²) >= 11 is 6.08. The van der Waals surface area contributed by atoms with Gasteiger partial charge in [0.1, 0.15) is 0 Å². The zero-order valence-electron chi connectivity index (χ0n) is 13.7. The molecule has 0 atom stereocenters. The van der Waals surface area contributed by atoms with Crippen LogP contribution in [0.5, 0.6) is 0 Å². The van der Waals surface area contributed by atoms with Gasteiger partial charge in [-0.05, 0) is 6.92 Å². The summed E-state index contributed by atoms with van der Waals surface area (Å²) in [7, 11) is 3.47. The van der Waals surface area contributed by atoms with Gasteiger partial charge in [0.15, 0.2) is 11.5 Å². The first-order valence-corrected chi connectivity index (χ1v) is 7.79. The first kappa shape index (κ1) is 16.3. The highest BCUT2D eigenvalue weighted by Gasteiger charge is 2.20. The third kappa shape index (κ3) is 3.19. The van der Waals surface area contributed by atoms with Crippen LogP contribution < -0.4 is 0 Å². The number of hydrogen-bond acceptors (Lipinski definition) is 4. The van der Waals surface area contributed by atoms with E-state index in [9.17, 15) is 4.79 Å². The summed E-state index contributed by atoms with van der Waals surface area (Å²) in [6.07, 6.45) is 1.56. The molecule has 2 aromatic heterocycles. The number of aryl methyl sites for hydroxylation is 2. The molecule has 0 spiro atoms. The Morgan fingerprint density at radius 2 is 2.04 bits per heavy atom. The molecule has 1 amide bonds. The highest BCUT2D eigenvalue weighted by atomic mass is 35.5. The number of rotatable bonds is 4. The Bertz CT molecular complexity index is 848. The summed E-state index contributed by atoms with van der Waals surface area (Å²) in [6.45, 7) is 2.35. The van der Waals surface area contributed by atoms with E-state index in [1.165, 1.54) is 4.90 Å². The summed E-state index contributed by atoms with van der Waals surface area (Å²) in [4.78, 5) is 14.1. The molecule has 1 aromatic carbocycles. The Morgan fingerprint density at radius 1 is 1.33 bits per heavy atom. The number of amides is 1. The fourth-order valence-corrected chi connectivity index (χ4v) is 2.56. The molecule has 124 valence electrons. The average molecular weight is 345 g/mol. The monoisotopic (exact) mass is 344 g/mol. The second-order valence-electron chi connectivity index (χ2n) is 5.67. The van der Waals surface area contributed by atoms with Crippen molar-refractivity contribution in [3.63, 3.8) is 0 Å². The Morgan fingerprint density at radius 3 is 2.67 bits per heavy atom. The molecule has 0 aliphatic rings. The molecule has 0 radical (unpaired) electrons. The minimum absolute atomic E-state index is 0.241. The average Bonchev–Trinajstić information content (AvgIpc) is 3.17. The maximum atomic E-state index is 12.5. The van der Waals surface area contributed by atoms with E-state index in [0.717, 1.165) is 16.8 Å². The van der Waals surface area contributed by atoms with Gasteiger partial charge in [-0.2, -0.15) is 5.10 Å². The van der Waals surface area contributed by atoms with Crippen LogP contribution >= 0.6 is 11.6 Å². The van der Waals surface area contributed by atoms with Gasteiger partial charge in [-0.1, -0.05) is 46.6 Å². The van der Waals surface area contributed by atoms with Crippen molar-refractivity contribution in [2.75, 3.05) is 7.05 Å². The predicted octanol–water partition coefficient (Wildman–Crippen LogP) is 3.31. The second kappa shape index (κ2) is 6.49. The third-order valence-electron chi connectivity index (χ3n) is 3.81. The molecule has 3 rings (SSSR count). The third-order valence-corrected chi connectivity index (χ3v) is 4.13. The van der Waals surface area contributed by atoms with E-state index in [1.54, 1.807) is 31.0 Å². The number of carbonyl (C=O) groups excluding carboxylic acids is 1. The number of halogens is 1. The molecule has 0 saturated carbocycles. The largest absolute Gasteiger partial charge is 0.355 e. The van der Waals surface area contributed by atoms with Crippen LogP contribution in [0.15, 0.2) is 41.1 Å². The first-order chi connectivity index (χ1) is 11.5. The summed E-state index contributed by atoms with van der Waals surface area (Å²) in [5, 5.41) is 8.48. The Balaban J connectivity index is 1.77. The van der Waals surface area contributed by atoms with Crippen molar-refractivity contribution in [3.05, 3.63) is 58.5 Å². The number of aromatic nitrogens is 3. The van der Waals surface area contributed by atoms with Gasteiger partial charge in [0.25, 0.3) is 5.91 Å². The minimum Gasteiger partial charge on any atom is -0.355 e. The molecule has 24 heavy (non-hydrogen) atoms. The van der Waals surface area contributed by atoms with E-state index in [1.807, 2.05) is 31.2 Å². The lowest BCUT2D eigenvalue weighted by Gasteiger charge is -2.15. The fourth-order valence-electron chi connectivity index (χ4n) is 2.34. The van der Waals surface area contributed by atoms with Crippen molar-refractivity contribution >= 4 is 17.5 Å². The van der Waals surface area contributed by atoms with Gasteiger partial charge in [-0.15, -0.1) is 0 Å². The van der Waals surface area contributed by atoms with Crippen LogP contribution in [-0.4, -0.2) is 32.8 Å². The molecular weight excluding hydrogens is 328 g/mol. The minimum atomic E-state index is -0.241. The van der Waals surface area contributed by atoms with Crippen LogP contribution in [0.1, 0.15) is 21.7 Å². The van der Waals surface area contributed by atoms with Gasteiger partial charge in [-0.3, -0.25) is 9.48 Å². The smallest absolute Gasteiger partial charge is 0.276 e. The van der Waals surface area contributed by atoms with Crippen molar-refractivity contribution in [1.82, 2.24) is 19.8 Å². The summed E-state index contributed by atoms with van der Waals surface area (Å²) in [5.41, 5.74) is 3.05. The molecule has 0 bridgehead atoms. The van der Waals surface area contributed by atoms with Crippen molar-refractivity contribution in [2.45, 2.75) is 13.5 Å². The number of carbonyl (C=O) groups is 1. The number of benzene rings is 1. The fraction of sp³-hybridized carbons (Fsp3) is 0.235. The van der Waals surface area contributed by atoms with Crippen LogP contribution in [0.2, 0.25) is 5.02 Å². The van der Waals surface area contributed by atoms with Crippen molar-refractivity contribution in [2.24, 2.45) is 7.05 Å². The molecule has 2 heterocycles. The second-order valence-corrected chi connectivity index (χ2v) is 6.07. The molecule has 0 unspecified atom stereocenters. The van der Waals surface area contributed by atoms with Crippen LogP contribution in [-0.2, 0) is 13.6 Å². The first-order valence-electron chi connectivity index (χ1n) is 7.41. The maximum absolute atomic E-state index is 12.5. The predicted molar refractivity (Wildman–Crippen MR) is 90.7 cm³/mol. The zero-order chi connectivity index (χ0) is 17.3. The van der Waals surface area contributed by atoms with Crippen molar-refractivity contribution in [3.8, 4) is 11.3 Å². The lowest BCUT2D eigenvalue weighted by molar-refractivity contribution is 0.0772. The van der Waals surface area contributed by atoms with E-state index in [-0.39, 0.29) is 11.6 Å². The van der Waals surface area contributed by atoms with E-state index in [4.69, 9.17) is 16.1 Å². The SMILES string of the molecule is Cc1ccc(-c2cc(C(=O)N(C)Cc3c(Cl)cnn3C)no2)cc1. The van der Waals surface area contributed by atoms with Crippen LogP contribution in [0.3, 0.4) is 0 Å². The topological polar surface area (TPSA) is 64.2 Å². The maximum Gasteiger partial charge on any atom is 0.276 e. The van der Waals surface area contributed by atoms with Gasteiger partial charge in [0.2, 0.25) is 0 Å². The Hall–Kier alpha value is -2.60. The molecule has 7 heteroatoms. The highest BCUT2D eigenvalue weighted by Crippen LogP contribution is 2.22. The molecule has 6 nitrogen and oxygen atoms in total. The van der Waals surface area contributed by atoms with Crippen LogP contribution in [0.4, 0.5) is 0 Å². The van der Waals surface area contributed by atoms with Gasteiger partial charge < -0.3 is 9.42 Å². The lowest BCUT2D eigenvalue weighted by atomic mass is 10.1. The molecule has 0 aliphatic heterocycles. The summed E-state index contributed by atoms with van der Waals surface area (Å²) < 4.78 is 6.95. The van der Waals surface area contributed by atoms with E-state index in [2.05, 4.69) is 10.3 Å². The Kier molecular flexibility index (Phi) is 4.40. The molecule has 0 fully saturated rings. The van der Waals surface area contributed by atoms with E-state index in [0.29, 0.717) is 17.3 Å². The van der Waals surface area contributed by atoms with Crippen LogP contribution in [0, 0.1) is 6.92 Å². The van der Waals surface area contributed by atoms with Gasteiger partial charge >= 0.3 is 0 Å². The van der Waals surface area contributed by atoms with Crippen molar-refractivity contribution in [1.29, 1.82) is 0 Å². The van der Waals surface area contributed by atoms with Gasteiger partial charge in [-0.25, -0.2) is 0 Å². The molecule has 0 N–H and O–H groups in total. The number of hydrogen-bond donors (Lipinski definition) is 0. The summed E-state index contributed by atoms with van der Waals surface area (Å²) in [5.74, 6) is 0.319. The molecule has 0 aliphatic carbocycles. The van der Waals surface area contributed by atoms with Gasteiger partial charge in [0.05, 0.1) is 23.5 Å². The standard InChI is InChI=1S/C17H17ClN4O2/c1-11-4-6-12(7-5-11)16-8-14(20-24-16)17(23)21(2)10-15-13(18)9-19-22(15)3/h4-9H,10H2,1-3H3. The molecule has 3 aromatic rings. The number of nitrogens with zero attached hydrogens (tertiary/aromatic N) is 4. The van der Waals surface area contributed by atoms with Gasteiger partial charge in [0, 0.05) is 25.7 Å². The quantitative estimate of drug-likeness (QED) is 0.728. The van der Waals surface area contributed by atoms with E-state index >= 15 is 0 Å². The highest BCUT2D eigenvalue weighted by molar-refractivity contribution is 6.31. The summed E-state index contributed by atoms with van der Waals surface area (Å²) in [6, 6.07) is 9.48. The normalized spacial score (nSPS) is 10.8. The van der Waals surface area contributed by atoms with E-state index < -0.39 is 0 Å².